The molecule has 18 heavy (non-hydrogen) atoms. The van der Waals surface area contributed by atoms with Crippen LogP contribution in [0.2, 0.25) is 0 Å². The Balaban J connectivity index is 2.13. The number of nitrogens with zero attached hydrogens (tertiary/aromatic N) is 3. The number of hydrogen-bond acceptors (Lipinski definition) is 5. The second-order valence-electron chi connectivity index (χ2n) is 3.93. The zero-order valence-electron chi connectivity index (χ0n) is 9.20. The van der Waals surface area contributed by atoms with Gasteiger partial charge in [0.2, 0.25) is 0 Å². The molecule has 0 aliphatic carbocycles. The minimum absolute atomic E-state index is 0.694. The predicted octanol–water partition coefficient (Wildman–Crippen LogP) is 3.50. The van der Waals surface area contributed by atoms with E-state index in [9.17, 15) is 0 Å². The second-order valence-corrected chi connectivity index (χ2v) is 4.82. The molecule has 2 heterocycles. The second kappa shape index (κ2) is 3.61. The third-order valence-electron chi connectivity index (χ3n) is 2.93. The van der Waals surface area contributed by atoms with E-state index in [-0.39, 0.29) is 0 Å². The topological polar surface area (TPSA) is 51.8 Å². The number of aromatic nitrogens is 3. The van der Waals surface area contributed by atoms with Crippen LogP contribution in [0.15, 0.2) is 46.4 Å². The van der Waals surface area contributed by atoms with Gasteiger partial charge in [0, 0.05) is 16.4 Å². The van der Waals surface area contributed by atoms with E-state index in [1.807, 2.05) is 35.8 Å². The van der Waals surface area contributed by atoms with Gasteiger partial charge in [-0.25, -0.2) is 4.98 Å². The SMILES string of the molecule is c1cc(-c2cccc3scnc23)c2nnoc2c1. The van der Waals surface area contributed by atoms with E-state index in [0.29, 0.717) is 5.58 Å². The molecule has 2 aromatic carbocycles. The lowest BCUT2D eigenvalue weighted by Gasteiger charge is -2.02. The van der Waals surface area contributed by atoms with E-state index in [0.717, 1.165) is 22.2 Å². The monoisotopic (exact) mass is 253 g/mol. The van der Waals surface area contributed by atoms with Crippen molar-refractivity contribution in [2.75, 3.05) is 0 Å². The van der Waals surface area contributed by atoms with E-state index in [1.165, 1.54) is 4.70 Å². The van der Waals surface area contributed by atoms with Crippen molar-refractivity contribution < 1.29 is 4.52 Å². The van der Waals surface area contributed by atoms with Crippen LogP contribution in [0.25, 0.3) is 32.4 Å². The number of hydrogen-bond donors (Lipinski definition) is 0. The van der Waals surface area contributed by atoms with Gasteiger partial charge in [-0.3, -0.25) is 0 Å². The Morgan fingerprint density at radius 1 is 0.944 bits per heavy atom. The molecule has 0 fully saturated rings. The maximum absolute atomic E-state index is 5.09. The highest BCUT2D eigenvalue weighted by atomic mass is 32.1. The van der Waals surface area contributed by atoms with Gasteiger partial charge in [0.05, 0.1) is 15.7 Å². The number of thiazole rings is 1. The van der Waals surface area contributed by atoms with E-state index in [2.05, 4.69) is 21.4 Å². The number of rotatable bonds is 1. The average molecular weight is 253 g/mol. The molecule has 0 aliphatic rings. The highest BCUT2D eigenvalue weighted by Gasteiger charge is 2.12. The Kier molecular flexibility index (Phi) is 1.95. The molecule has 0 N–H and O–H groups in total. The van der Waals surface area contributed by atoms with E-state index >= 15 is 0 Å². The van der Waals surface area contributed by atoms with E-state index < -0.39 is 0 Å². The molecule has 0 unspecified atom stereocenters. The van der Waals surface area contributed by atoms with Crippen LogP contribution in [0.1, 0.15) is 0 Å². The fraction of sp³-hybridized carbons (Fsp3) is 0. The van der Waals surface area contributed by atoms with Crippen LogP contribution in [-0.4, -0.2) is 15.4 Å². The lowest BCUT2D eigenvalue weighted by Crippen LogP contribution is -1.82. The number of para-hydroxylation sites is 1. The molecule has 2 aromatic heterocycles. The minimum Gasteiger partial charge on any atom is -0.337 e. The van der Waals surface area contributed by atoms with Gasteiger partial charge in [-0.2, -0.15) is 0 Å². The van der Waals surface area contributed by atoms with Crippen LogP contribution >= 0.6 is 11.3 Å². The Bertz CT molecular complexity index is 777. The van der Waals surface area contributed by atoms with Gasteiger partial charge in [0.1, 0.15) is 5.52 Å². The molecule has 0 atom stereocenters. The van der Waals surface area contributed by atoms with Crippen molar-refractivity contribution >= 4 is 32.7 Å². The zero-order valence-corrected chi connectivity index (χ0v) is 10.0. The van der Waals surface area contributed by atoms with Crippen LogP contribution in [0.3, 0.4) is 0 Å². The molecular formula is C13H7N3OS. The molecule has 5 heteroatoms. The summed E-state index contributed by atoms with van der Waals surface area (Å²) < 4.78 is 6.26. The summed E-state index contributed by atoms with van der Waals surface area (Å²) in [4.78, 5) is 4.43. The fourth-order valence-corrected chi connectivity index (χ4v) is 2.83. The number of benzene rings is 2. The number of fused-ring (bicyclic) bond motifs is 2. The largest absolute Gasteiger partial charge is 0.337 e. The lowest BCUT2D eigenvalue weighted by molar-refractivity contribution is 0.424. The van der Waals surface area contributed by atoms with Crippen molar-refractivity contribution in [3.8, 4) is 11.1 Å². The Labute approximate surface area is 106 Å². The van der Waals surface area contributed by atoms with Crippen LogP contribution in [0, 0.1) is 0 Å². The third kappa shape index (κ3) is 1.28. The van der Waals surface area contributed by atoms with Crippen molar-refractivity contribution in [3.05, 3.63) is 41.9 Å². The molecule has 4 aromatic rings. The van der Waals surface area contributed by atoms with Gasteiger partial charge in [-0.15, -0.1) is 16.4 Å². The third-order valence-corrected chi connectivity index (χ3v) is 3.72. The van der Waals surface area contributed by atoms with Crippen molar-refractivity contribution in [2.24, 2.45) is 0 Å². The summed E-state index contributed by atoms with van der Waals surface area (Å²) in [6.07, 6.45) is 0. The Morgan fingerprint density at radius 2 is 1.78 bits per heavy atom. The molecule has 0 bridgehead atoms. The minimum atomic E-state index is 0.694. The summed E-state index contributed by atoms with van der Waals surface area (Å²) in [5.74, 6) is 0. The van der Waals surface area contributed by atoms with E-state index in [4.69, 9.17) is 4.52 Å². The molecule has 0 amide bonds. The normalized spacial score (nSPS) is 11.3. The standard InChI is InChI=1S/C13H7N3OS/c1-3-8(12-10(5-1)17-16-15-12)9-4-2-6-11-13(9)14-7-18-11/h1-7H. The van der Waals surface area contributed by atoms with Crippen LogP contribution in [-0.2, 0) is 0 Å². The first-order valence-electron chi connectivity index (χ1n) is 5.47. The molecule has 4 rings (SSSR count). The molecule has 0 aliphatic heterocycles. The maximum atomic E-state index is 5.09. The summed E-state index contributed by atoms with van der Waals surface area (Å²) >= 11 is 1.63. The molecule has 0 saturated carbocycles. The van der Waals surface area contributed by atoms with Gasteiger partial charge in [-0.1, -0.05) is 24.3 Å². The first-order chi connectivity index (χ1) is 8.93. The molecule has 0 spiro atoms. The lowest BCUT2D eigenvalue weighted by atomic mass is 10.0. The van der Waals surface area contributed by atoms with Gasteiger partial charge < -0.3 is 4.52 Å². The highest BCUT2D eigenvalue weighted by molar-refractivity contribution is 7.16. The highest BCUT2D eigenvalue weighted by Crippen LogP contribution is 2.33. The molecule has 86 valence electrons. The van der Waals surface area contributed by atoms with Gasteiger partial charge in [-0.05, 0) is 12.1 Å². The zero-order chi connectivity index (χ0) is 11.9. The summed E-state index contributed by atoms with van der Waals surface area (Å²) in [5.41, 5.74) is 6.39. The van der Waals surface area contributed by atoms with Crippen LogP contribution < -0.4 is 0 Å². The van der Waals surface area contributed by atoms with Gasteiger partial charge in [0.25, 0.3) is 0 Å². The summed E-state index contributed by atoms with van der Waals surface area (Å²) in [7, 11) is 0. The smallest absolute Gasteiger partial charge is 0.188 e. The van der Waals surface area contributed by atoms with Crippen molar-refractivity contribution in [1.29, 1.82) is 0 Å². The molecular weight excluding hydrogens is 246 g/mol. The Morgan fingerprint density at radius 3 is 2.72 bits per heavy atom. The quantitative estimate of drug-likeness (QED) is 0.521. The van der Waals surface area contributed by atoms with Crippen LogP contribution in [0.5, 0.6) is 0 Å². The molecule has 4 nitrogen and oxygen atoms in total. The van der Waals surface area contributed by atoms with Crippen molar-refractivity contribution in [1.82, 2.24) is 15.4 Å². The van der Waals surface area contributed by atoms with Gasteiger partial charge >= 0.3 is 0 Å². The average Bonchev–Trinajstić information content (AvgIpc) is 3.06. The summed E-state index contributed by atoms with van der Waals surface area (Å²) in [6.45, 7) is 0. The molecule has 0 saturated heterocycles. The molecule has 0 radical (unpaired) electrons. The van der Waals surface area contributed by atoms with Crippen molar-refractivity contribution in [2.45, 2.75) is 0 Å². The fourth-order valence-electron chi connectivity index (χ4n) is 2.13. The Hall–Kier alpha value is -2.27. The predicted molar refractivity (Wildman–Crippen MR) is 70.4 cm³/mol. The van der Waals surface area contributed by atoms with Gasteiger partial charge in [0.15, 0.2) is 5.58 Å². The summed E-state index contributed by atoms with van der Waals surface area (Å²) in [6, 6.07) is 12.0. The van der Waals surface area contributed by atoms with Crippen molar-refractivity contribution in [3.63, 3.8) is 0 Å². The van der Waals surface area contributed by atoms with Crippen LogP contribution in [0.4, 0.5) is 0 Å². The van der Waals surface area contributed by atoms with E-state index in [1.54, 1.807) is 11.3 Å². The summed E-state index contributed by atoms with van der Waals surface area (Å²) in [5, 5.41) is 7.66. The maximum Gasteiger partial charge on any atom is 0.188 e. The first kappa shape index (κ1) is 9.73. The first-order valence-corrected chi connectivity index (χ1v) is 6.35.